The van der Waals surface area contributed by atoms with Crippen LogP contribution in [0.1, 0.15) is 172 Å². The van der Waals surface area contributed by atoms with Crippen LogP contribution in [0.5, 0.6) is 0 Å². The van der Waals surface area contributed by atoms with E-state index in [9.17, 15) is 0 Å². The lowest BCUT2D eigenvalue weighted by Gasteiger charge is -2.44. The average molecular weight is 609 g/mol. The minimum atomic E-state index is -5.17. The zero-order chi connectivity index (χ0) is 32.2. The highest BCUT2D eigenvalue weighted by atomic mass is 32.3. The Balaban J connectivity index is -0.000000604. The summed E-state index contributed by atoms with van der Waals surface area (Å²) in [5.41, 5.74) is 0. The lowest BCUT2D eigenvalue weighted by atomic mass is 10.0. The fourth-order valence-corrected chi connectivity index (χ4v) is 6.21. The lowest BCUT2D eigenvalue weighted by Crippen LogP contribution is -2.56. The maximum atomic E-state index is 8.52. The molecule has 0 bridgehead atoms. The van der Waals surface area contributed by atoms with E-state index in [0.29, 0.717) is 0 Å². The Bertz CT molecular complexity index is 551. The van der Waals surface area contributed by atoms with Gasteiger partial charge in [-0.05, 0) is 65.2 Å². The summed E-state index contributed by atoms with van der Waals surface area (Å²) in [4.78, 5) is 0. The van der Waals surface area contributed by atoms with E-state index in [0.717, 1.165) is 12.1 Å². The van der Waals surface area contributed by atoms with E-state index in [4.69, 9.17) is 17.5 Å². The topological polar surface area (TPSA) is 80.3 Å². The second-order valence-electron chi connectivity index (χ2n) is 12.6. The quantitative estimate of drug-likeness (QED) is 0.0621. The third-order valence-electron chi connectivity index (χ3n) is 9.02. The van der Waals surface area contributed by atoms with Crippen LogP contribution >= 0.6 is 0 Å². The van der Waals surface area contributed by atoms with Crippen molar-refractivity contribution in [3.8, 4) is 0 Å². The largest absolute Gasteiger partial charge is 0.759 e. The Morgan fingerprint density at radius 2 is 0.610 bits per heavy atom. The van der Waals surface area contributed by atoms with E-state index in [1.54, 1.807) is 0 Å². The van der Waals surface area contributed by atoms with Gasteiger partial charge < -0.3 is 18.1 Å². The summed E-state index contributed by atoms with van der Waals surface area (Å²) in [7, 11) is -5.17. The predicted molar refractivity (Wildman–Crippen MR) is 178 cm³/mol. The molecule has 0 aliphatic rings. The third-order valence-corrected chi connectivity index (χ3v) is 9.02. The van der Waals surface area contributed by atoms with E-state index in [2.05, 4.69) is 69.2 Å². The molecular weight excluding hydrogens is 532 g/mol. The van der Waals surface area contributed by atoms with Gasteiger partial charge in [0.2, 0.25) is 0 Å². The third kappa shape index (κ3) is 24.9. The summed E-state index contributed by atoms with van der Waals surface area (Å²) in [6.07, 6.45) is 22.0. The van der Waals surface area contributed by atoms with Crippen LogP contribution in [0.3, 0.4) is 0 Å². The number of rotatable bonds is 24. The standard InChI is InChI=1S/2C17H38N.H2O4S/c2*1-6-10-14-18(15-11-7-2,16-12-8-3)17(5)13-9-4;1-5(2,3)4/h2*17H,6-16H2,1-5H3;(H2,1,2,3,4)/q2*+1;/p-2. The molecule has 7 heteroatoms. The number of quaternary nitrogens is 2. The van der Waals surface area contributed by atoms with Gasteiger partial charge in [0, 0.05) is 10.4 Å². The summed E-state index contributed by atoms with van der Waals surface area (Å²) in [6, 6.07) is 1.72. The summed E-state index contributed by atoms with van der Waals surface area (Å²) in [6.45, 7) is 32.2. The van der Waals surface area contributed by atoms with Crippen molar-refractivity contribution < 1.29 is 26.5 Å². The minimum absolute atomic E-state index is 0.861. The van der Waals surface area contributed by atoms with Gasteiger partial charge in [-0.25, -0.2) is 0 Å². The van der Waals surface area contributed by atoms with Gasteiger partial charge in [0.15, 0.2) is 0 Å². The van der Waals surface area contributed by atoms with Gasteiger partial charge in [0.05, 0.1) is 51.4 Å². The van der Waals surface area contributed by atoms with Crippen LogP contribution in [0.4, 0.5) is 0 Å². The van der Waals surface area contributed by atoms with Crippen molar-refractivity contribution in [3.63, 3.8) is 0 Å². The Labute approximate surface area is 259 Å². The Hall–Kier alpha value is -0.210. The monoisotopic (exact) mass is 609 g/mol. The van der Waals surface area contributed by atoms with E-state index in [1.807, 2.05) is 0 Å². The first kappa shape index (κ1) is 45.2. The normalized spacial score (nSPS) is 13.6. The molecule has 0 heterocycles. The van der Waals surface area contributed by atoms with Crippen LogP contribution in [-0.4, -0.2) is 77.8 Å². The summed E-state index contributed by atoms with van der Waals surface area (Å²) in [5.74, 6) is 0. The van der Waals surface area contributed by atoms with Crippen LogP contribution in [0.2, 0.25) is 0 Å². The molecule has 0 radical (unpaired) electrons. The Kier molecular flexibility index (Phi) is 31.5. The van der Waals surface area contributed by atoms with Crippen LogP contribution in [0.25, 0.3) is 0 Å². The van der Waals surface area contributed by atoms with Crippen molar-refractivity contribution in [2.24, 2.45) is 0 Å². The molecule has 2 atom stereocenters. The van der Waals surface area contributed by atoms with E-state index in [-0.39, 0.29) is 0 Å². The first-order chi connectivity index (χ1) is 19.3. The van der Waals surface area contributed by atoms with Crippen molar-refractivity contribution in [2.75, 3.05) is 39.3 Å². The molecule has 0 aliphatic heterocycles. The number of nitrogens with zero attached hydrogens (tertiary/aromatic N) is 2. The second-order valence-corrected chi connectivity index (χ2v) is 13.4. The number of hydrogen-bond acceptors (Lipinski definition) is 4. The highest BCUT2D eigenvalue weighted by molar-refractivity contribution is 7.79. The number of hydrogen-bond donors (Lipinski definition) is 0. The SMILES string of the molecule is CCCC[N+](CCCC)(CCCC)C(C)CCC.CCCC[N+](CCCC)(CCCC)C(C)CCC.O=S(=O)([O-])[O-]. The minimum Gasteiger partial charge on any atom is -0.759 e. The fourth-order valence-electron chi connectivity index (χ4n) is 6.21. The van der Waals surface area contributed by atoms with Crippen molar-refractivity contribution in [1.29, 1.82) is 0 Å². The van der Waals surface area contributed by atoms with Crippen LogP contribution in [-0.2, 0) is 10.4 Å². The van der Waals surface area contributed by atoms with E-state index >= 15 is 0 Å². The van der Waals surface area contributed by atoms with Gasteiger partial charge in [-0.15, -0.1) is 0 Å². The molecule has 0 spiro atoms. The molecule has 0 aromatic rings. The van der Waals surface area contributed by atoms with Crippen LogP contribution in [0, 0.1) is 0 Å². The molecule has 0 aromatic carbocycles. The highest BCUT2D eigenvalue weighted by Gasteiger charge is 2.32. The highest BCUT2D eigenvalue weighted by Crippen LogP contribution is 2.24. The molecule has 0 N–H and O–H groups in total. The van der Waals surface area contributed by atoms with Gasteiger partial charge in [-0.2, -0.15) is 0 Å². The van der Waals surface area contributed by atoms with E-state index in [1.165, 1.54) is 151 Å². The van der Waals surface area contributed by atoms with E-state index < -0.39 is 10.4 Å². The van der Waals surface area contributed by atoms with Crippen LogP contribution in [0.15, 0.2) is 0 Å². The fraction of sp³-hybridized carbons (Fsp3) is 1.00. The average Bonchev–Trinajstić information content (AvgIpc) is 2.92. The lowest BCUT2D eigenvalue weighted by molar-refractivity contribution is -0.950. The van der Waals surface area contributed by atoms with Crippen LogP contribution < -0.4 is 0 Å². The molecule has 41 heavy (non-hydrogen) atoms. The maximum absolute atomic E-state index is 8.52. The Morgan fingerprint density at radius 3 is 0.732 bits per heavy atom. The zero-order valence-electron chi connectivity index (χ0n) is 29.6. The van der Waals surface area contributed by atoms with Crippen molar-refractivity contribution in [1.82, 2.24) is 0 Å². The van der Waals surface area contributed by atoms with Crippen molar-refractivity contribution >= 4 is 10.4 Å². The van der Waals surface area contributed by atoms with Gasteiger partial charge in [-0.1, -0.05) is 107 Å². The van der Waals surface area contributed by atoms with Gasteiger partial charge in [-0.3, -0.25) is 8.42 Å². The Morgan fingerprint density at radius 1 is 0.439 bits per heavy atom. The molecule has 0 aromatic heterocycles. The second kappa shape index (κ2) is 28.6. The smallest absolute Gasteiger partial charge is 0.0861 e. The molecule has 6 nitrogen and oxygen atoms in total. The summed E-state index contributed by atoms with van der Waals surface area (Å²) < 4.78 is 36.9. The molecule has 0 saturated heterocycles. The van der Waals surface area contributed by atoms with Gasteiger partial charge >= 0.3 is 0 Å². The number of unbranched alkanes of at least 4 members (excludes halogenated alkanes) is 6. The molecule has 2 unspecified atom stereocenters. The molecule has 252 valence electrons. The van der Waals surface area contributed by atoms with Gasteiger partial charge in [0.1, 0.15) is 0 Å². The molecule has 0 amide bonds. The zero-order valence-corrected chi connectivity index (χ0v) is 30.5. The van der Waals surface area contributed by atoms with Gasteiger partial charge in [0.25, 0.3) is 0 Å². The molecule has 0 saturated carbocycles. The molecule has 0 fully saturated rings. The summed E-state index contributed by atoms with van der Waals surface area (Å²) in [5, 5.41) is 0. The molecular formula is C34H76N2O4S. The first-order valence-electron chi connectivity index (χ1n) is 17.7. The first-order valence-corrected chi connectivity index (χ1v) is 19.0. The summed E-state index contributed by atoms with van der Waals surface area (Å²) >= 11 is 0. The molecule has 0 rings (SSSR count). The van der Waals surface area contributed by atoms with Crippen molar-refractivity contribution in [3.05, 3.63) is 0 Å². The van der Waals surface area contributed by atoms with Crippen molar-refractivity contribution in [2.45, 2.75) is 184 Å². The maximum Gasteiger partial charge on any atom is 0.0861 e. The predicted octanol–water partition coefficient (Wildman–Crippen LogP) is 9.45. The molecule has 0 aliphatic carbocycles.